The summed E-state index contributed by atoms with van der Waals surface area (Å²) in [7, 11) is 1.87. The summed E-state index contributed by atoms with van der Waals surface area (Å²) in [6.07, 6.45) is 1.73. The van der Waals surface area contributed by atoms with E-state index < -0.39 is 0 Å². The van der Waals surface area contributed by atoms with Crippen molar-refractivity contribution in [3.63, 3.8) is 0 Å². The number of fused-ring (bicyclic) bond motifs is 1. The van der Waals surface area contributed by atoms with Crippen LogP contribution in [0.1, 0.15) is 22.0 Å². The van der Waals surface area contributed by atoms with Crippen molar-refractivity contribution in [2.75, 3.05) is 13.2 Å². The van der Waals surface area contributed by atoms with Gasteiger partial charge in [-0.25, -0.2) is 4.68 Å². The Bertz CT molecular complexity index is 925. The molecule has 3 aromatic heterocycles. The molecule has 26 heavy (non-hydrogen) atoms. The van der Waals surface area contributed by atoms with Gasteiger partial charge in [0.1, 0.15) is 11.5 Å². The number of rotatable bonds is 4. The first-order chi connectivity index (χ1) is 12.6. The van der Waals surface area contributed by atoms with Gasteiger partial charge in [0.2, 0.25) is 0 Å². The van der Waals surface area contributed by atoms with Crippen LogP contribution in [0.3, 0.4) is 0 Å². The van der Waals surface area contributed by atoms with E-state index in [1.165, 1.54) is 0 Å². The van der Waals surface area contributed by atoms with Gasteiger partial charge in [-0.15, -0.1) is 5.10 Å². The van der Waals surface area contributed by atoms with Crippen LogP contribution in [0, 0.1) is 12.8 Å². The van der Waals surface area contributed by atoms with Gasteiger partial charge in [0, 0.05) is 32.3 Å². The average Bonchev–Trinajstić information content (AvgIpc) is 3.30. The van der Waals surface area contributed by atoms with Gasteiger partial charge in [-0.2, -0.15) is 5.10 Å². The summed E-state index contributed by atoms with van der Waals surface area (Å²) < 4.78 is 14.8. The van der Waals surface area contributed by atoms with Crippen molar-refractivity contribution in [2.24, 2.45) is 13.0 Å². The Morgan fingerprint density at radius 3 is 3.00 bits per heavy atom. The first kappa shape index (κ1) is 16.5. The molecule has 1 amide bonds. The van der Waals surface area contributed by atoms with Crippen molar-refractivity contribution < 1.29 is 13.9 Å². The lowest BCUT2D eigenvalue weighted by atomic mass is 10.1. The minimum atomic E-state index is -0.225. The van der Waals surface area contributed by atoms with Crippen molar-refractivity contribution in [1.29, 1.82) is 0 Å². The fourth-order valence-corrected chi connectivity index (χ4v) is 3.05. The van der Waals surface area contributed by atoms with Crippen LogP contribution in [0.25, 0.3) is 11.4 Å². The number of carbonyl (C=O) groups excluding carboxylic acids is 1. The Balaban J connectivity index is 1.45. The molecule has 0 bridgehead atoms. The Morgan fingerprint density at radius 1 is 1.38 bits per heavy atom. The number of aryl methyl sites for hydroxylation is 2. The van der Waals surface area contributed by atoms with Crippen molar-refractivity contribution in [3.05, 3.63) is 41.6 Å². The van der Waals surface area contributed by atoms with E-state index in [2.05, 4.69) is 20.7 Å². The molecule has 0 saturated heterocycles. The molecule has 9 nitrogen and oxygen atoms in total. The highest BCUT2D eigenvalue weighted by Gasteiger charge is 2.24. The molecule has 0 saturated carbocycles. The number of ether oxygens (including phenoxy) is 1. The lowest BCUT2D eigenvalue weighted by molar-refractivity contribution is 0.0834. The minimum Gasteiger partial charge on any atom is -0.456 e. The predicted molar refractivity (Wildman–Crippen MR) is 91.1 cm³/mol. The third kappa shape index (κ3) is 3.13. The average molecular weight is 356 g/mol. The van der Waals surface area contributed by atoms with Crippen LogP contribution in [-0.2, 0) is 24.9 Å². The van der Waals surface area contributed by atoms with E-state index in [-0.39, 0.29) is 11.8 Å². The zero-order valence-corrected chi connectivity index (χ0v) is 14.7. The van der Waals surface area contributed by atoms with Gasteiger partial charge >= 0.3 is 0 Å². The van der Waals surface area contributed by atoms with E-state index in [9.17, 15) is 4.79 Å². The Labute approximate surface area is 149 Å². The minimum absolute atomic E-state index is 0.0948. The largest absolute Gasteiger partial charge is 0.456 e. The fourth-order valence-electron chi connectivity index (χ4n) is 3.05. The first-order valence-electron chi connectivity index (χ1n) is 8.45. The molecule has 0 radical (unpaired) electrons. The monoisotopic (exact) mass is 356 g/mol. The molecule has 1 aliphatic rings. The third-order valence-corrected chi connectivity index (χ3v) is 4.44. The van der Waals surface area contributed by atoms with Gasteiger partial charge < -0.3 is 14.5 Å². The Kier molecular flexibility index (Phi) is 4.29. The van der Waals surface area contributed by atoms with Crippen LogP contribution in [0.15, 0.2) is 28.8 Å². The number of nitrogens with one attached hydrogen (secondary N) is 1. The summed E-state index contributed by atoms with van der Waals surface area (Å²) in [5.74, 6) is 0.897. The number of carbonyl (C=O) groups is 1. The van der Waals surface area contributed by atoms with Crippen molar-refractivity contribution >= 4 is 5.91 Å². The highest BCUT2D eigenvalue weighted by atomic mass is 16.5. The van der Waals surface area contributed by atoms with Crippen molar-refractivity contribution in [1.82, 2.24) is 30.1 Å². The smallest absolute Gasteiger partial charge is 0.287 e. The highest BCUT2D eigenvalue weighted by molar-refractivity contribution is 5.91. The summed E-state index contributed by atoms with van der Waals surface area (Å²) in [6.45, 7) is 3.86. The van der Waals surface area contributed by atoms with Crippen LogP contribution < -0.4 is 5.32 Å². The van der Waals surface area contributed by atoms with Gasteiger partial charge in [-0.1, -0.05) is 5.21 Å². The van der Waals surface area contributed by atoms with Crippen molar-refractivity contribution in [3.8, 4) is 11.4 Å². The lowest BCUT2D eigenvalue weighted by Crippen LogP contribution is -2.32. The second-order valence-electron chi connectivity index (χ2n) is 6.41. The number of nitrogens with zero attached hydrogens (tertiary/aromatic N) is 5. The number of furan rings is 1. The van der Waals surface area contributed by atoms with E-state index in [1.807, 2.05) is 24.7 Å². The third-order valence-electron chi connectivity index (χ3n) is 4.44. The molecule has 9 heteroatoms. The zero-order valence-electron chi connectivity index (χ0n) is 14.7. The standard InChI is InChI=1S/C17H20N6O3/c1-11-3-4-15(26-11)17(24)18-7-12-8-23-14(10-25-9-12)16(20-21-23)13-5-6-19-22(13)2/h3-6,12H,7-10H2,1-2H3,(H,18,24)/t12-/m1/s1. The highest BCUT2D eigenvalue weighted by Crippen LogP contribution is 2.23. The van der Waals surface area contributed by atoms with Crippen molar-refractivity contribution in [2.45, 2.75) is 20.1 Å². The Hall–Kier alpha value is -2.94. The SMILES string of the molecule is Cc1ccc(C(=O)NC[C@H]2COCc3c(-c4ccnn4C)nnn3C2)o1. The molecular weight excluding hydrogens is 336 g/mol. The number of hydrogen-bond donors (Lipinski definition) is 1. The van der Waals surface area contributed by atoms with Crippen LogP contribution in [-0.4, -0.2) is 43.8 Å². The maximum absolute atomic E-state index is 12.1. The second kappa shape index (κ2) is 6.75. The fraction of sp³-hybridized carbons (Fsp3) is 0.412. The van der Waals surface area contributed by atoms with E-state index in [4.69, 9.17) is 9.15 Å². The van der Waals surface area contributed by atoms with Gasteiger partial charge in [0.25, 0.3) is 5.91 Å². The molecule has 4 rings (SSSR count). The van der Waals surface area contributed by atoms with Gasteiger partial charge in [-0.3, -0.25) is 9.48 Å². The van der Waals surface area contributed by atoms with Gasteiger partial charge in [0.15, 0.2) is 5.76 Å². The van der Waals surface area contributed by atoms with Crippen LogP contribution in [0.2, 0.25) is 0 Å². The summed E-state index contributed by atoms with van der Waals surface area (Å²) in [6, 6.07) is 5.34. The molecule has 4 heterocycles. The molecule has 136 valence electrons. The van der Waals surface area contributed by atoms with Crippen LogP contribution >= 0.6 is 0 Å². The van der Waals surface area contributed by atoms with E-state index in [0.717, 1.165) is 17.1 Å². The summed E-state index contributed by atoms with van der Waals surface area (Å²) in [4.78, 5) is 12.1. The molecule has 3 aromatic rings. The summed E-state index contributed by atoms with van der Waals surface area (Å²) in [5.41, 5.74) is 2.60. The first-order valence-corrected chi connectivity index (χ1v) is 8.45. The zero-order chi connectivity index (χ0) is 18.1. The van der Waals surface area contributed by atoms with Crippen LogP contribution in [0.5, 0.6) is 0 Å². The molecule has 1 atom stereocenters. The maximum Gasteiger partial charge on any atom is 0.287 e. The van der Waals surface area contributed by atoms with Gasteiger partial charge in [0.05, 0.1) is 24.6 Å². The predicted octanol–water partition coefficient (Wildman–Crippen LogP) is 1.16. The molecule has 0 spiro atoms. The van der Waals surface area contributed by atoms with Gasteiger partial charge in [-0.05, 0) is 25.1 Å². The molecular formula is C17H20N6O3. The van der Waals surface area contributed by atoms with E-state index >= 15 is 0 Å². The molecule has 0 aliphatic carbocycles. The normalized spacial score (nSPS) is 16.9. The topological polar surface area (TPSA) is 100 Å². The Morgan fingerprint density at radius 2 is 2.27 bits per heavy atom. The molecule has 1 N–H and O–H groups in total. The number of amides is 1. The summed E-state index contributed by atoms with van der Waals surface area (Å²) >= 11 is 0. The second-order valence-corrected chi connectivity index (χ2v) is 6.41. The van der Waals surface area contributed by atoms with Crippen LogP contribution in [0.4, 0.5) is 0 Å². The number of hydrogen-bond acceptors (Lipinski definition) is 6. The molecule has 1 aliphatic heterocycles. The summed E-state index contributed by atoms with van der Waals surface area (Å²) in [5, 5.41) is 15.6. The molecule has 0 unspecified atom stereocenters. The molecule has 0 aromatic carbocycles. The number of aromatic nitrogens is 5. The molecule has 0 fully saturated rings. The van der Waals surface area contributed by atoms with E-state index in [0.29, 0.717) is 37.8 Å². The quantitative estimate of drug-likeness (QED) is 0.753. The van der Waals surface area contributed by atoms with E-state index in [1.54, 1.807) is 23.0 Å². The maximum atomic E-state index is 12.1. The lowest BCUT2D eigenvalue weighted by Gasteiger charge is -2.14.